The zero-order valence-corrected chi connectivity index (χ0v) is 11.9. The van der Waals surface area contributed by atoms with Crippen LogP contribution in [0.15, 0.2) is 48.5 Å². The molecule has 0 saturated carbocycles. The van der Waals surface area contributed by atoms with E-state index in [0.29, 0.717) is 5.06 Å². The van der Waals surface area contributed by atoms with E-state index in [2.05, 4.69) is 0 Å². The molecule has 1 aliphatic heterocycles. The fourth-order valence-electron chi connectivity index (χ4n) is 2.37. The van der Waals surface area contributed by atoms with Crippen LogP contribution in [0, 0.1) is 6.92 Å². The number of fused-ring (bicyclic) bond motifs is 1. The Bertz CT molecular complexity index is 747. The summed E-state index contributed by atoms with van der Waals surface area (Å²) in [6.45, 7) is 1.92. The van der Waals surface area contributed by atoms with Crippen molar-refractivity contribution in [1.29, 1.82) is 0 Å². The van der Waals surface area contributed by atoms with Crippen molar-refractivity contribution in [3.05, 3.63) is 70.8 Å². The predicted octanol–water partition coefficient (Wildman–Crippen LogP) is 2.29. The van der Waals surface area contributed by atoms with E-state index >= 15 is 0 Å². The standard InChI is InChI=1S/C17H13NO4/c1-11-5-4-6-12(9-11)10-15(19)22-18-16(20)13-7-2-3-8-14(13)17(18)21/h2-9H,10H2,1H3. The van der Waals surface area contributed by atoms with E-state index in [9.17, 15) is 14.4 Å². The van der Waals surface area contributed by atoms with Crippen LogP contribution in [0.5, 0.6) is 0 Å². The lowest BCUT2D eigenvalue weighted by molar-refractivity contribution is -0.167. The molecule has 1 heterocycles. The molecule has 0 aromatic heterocycles. The third-order valence-electron chi connectivity index (χ3n) is 3.38. The molecule has 0 radical (unpaired) electrons. The number of hydrogen-bond acceptors (Lipinski definition) is 4. The van der Waals surface area contributed by atoms with Gasteiger partial charge in [0.05, 0.1) is 17.5 Å². The van der Waals surface area contributed by atoms with Crippen LogP contribution < -0.4 is 0 Å². The summed E-state index contributed by atoms with van der Waals surface area (Å²) in [6, 6.07) is 13.8. The summed E-state index contributed by atoms with van der Waals surface area (Å²) in [5, 5.41) is 0.531. The molecule has 2 aromatic carbocycles. The van der Waals surface area contributed by atoms with Gasteiger partial charge in [-0.05, 0) is 24.6 Å². The van der Waals surface area contributed by atoms with Crippen molar-refractivity contribution in [3.8, 4) is 0 Å². The largest absolute Gasteiger partial charge is 0.337 e. The number of imide groups is 1. The second-order valence-corrected chi connectivity index (χ2v) is 5.08. The maximum Gasteiger partial charge on any atom is 0.337 e. The number of hydroxylamine groups is 2. The summed E-state index contributed by atoms with van der Waals surface area (Å²) in [5.74, 6) is -1.88. The first-order valence-electron chi connectivity index (χ1n) is 6.80. The fourth-order valence-corrected chi connectivity index (χ4v) is 2.37. The van der Waals surface area contributed by atoms with Crippen molar-refractivity contribution in [3.63, 3.8) is 0 Å². The summed E-state index contributed by atoms with van der Waals surface area (Å²) >= 11 is 0. The topological polar surface area (TPSA) is 63.7 Å². The van der Waals surface area contributed by atoms with Crippen molar-refractivity contribution in [1.82, 2.24) is 5.06 Å². The van der Waals surface area contributed by atoms with Crippen LogP contribution in [0.2, 0.25) is 0 Å². The molecule has 0 unspecified atom stereocenters. The smallest absolute Gasteiger partial charge is 0.329 e. The van der Waals surface area contributed by atoms with Crippen molar-refractivity contribution >= 4 is 17.8 Å². The third-order valence-corrected chi connectivity index (χ3v) is 3.38. The lowest BCUT2D eigenvalue weighted by atomic mass is 10.1. The molecule has 0 saturated heterocycles. The van der Waals surface area contributed by atoms with Crippen LogP contribution in [-0.2, 0) is 16.1 Å². The summed E-state index contributed by atoms with van der Waals surface area (Å²) in [4.78, 5) is 41.1. The predicted molar refractivity (Wildman–Crippen MR) is 77.9 cm³/mol. The van der Waals surface area contributed by atoms with Gasteiger partial charge in [-0.1, -0.05) is 47.0 Å². The molecule has 5 heteroatoms. The van der Waals surface area contributed by atoms with E-state index < -0.39 is 17.8 Å². The number of hydrogen-bond donors (Lipinski definition) is 0. The summed E-state index contributed by atoms with van der Waals surface area (Å²) in [5.41, 5.74) is 2.28. The first-order valence-corrected chi connectivity index (χ1v) is 6.80. The summed E-state index contributed by atoms with van der Waals surface area (Å²) in [6.07, 6.45) is -0.00488. The van der Waals surface area contributed by atoms with Gasteiger partial charge in [-0.3, -0.25) is 9.59 Å². The Balaban J connectivity index is 1.73. The molecule has 3 rings (SSSR count). The van der Waals surface area contributed by atoms with Crippen LogP contribution >= 0.6 is 0 Å². The summed E-state index contributed by atoms with van der Waals surface area (Å²) in [7, 11) is 0. The molecular weight excluding hydrogens is 282 g/mol. The Kier molecular flexibility index (Phi) is 3.47. The Morgan fingerprint density at radius 2 is 1.64 bits per heavy atom. The van der Waals surface area contributed by atoms with Gasteiger partial charge in [0.15, 0.2) is 0 Å². The molecule has 0 N–H and O–H groups in total. The highest BCUT2D eigenvalue weighted by atomic mass is 16.7. The van der Waals surface area contributed by atoms with E-state index in [1.165, 1.54) is 12.1 Å². The normalized spacial score (nSPS) is 13.2. The quantitative estimate of drug-likeness (QED) is 0.815. The van der Waals surface area contributed by atoms with E-state index in [1.54, 1.807) is 18.2 Å². The highest BCUT2D eigenvalue weighted by Crippen LogP contribution is 2.22. The average molecular weight is 295 g/mol. The van der Waals surface area contributed by atoms with Gasteiger partial charge in [-0.25, -0.2) is 4.79 Å². The number of carbonyl (C=O) groups excluding carboxylic acids is 3. The highest BCUT2D eigenvalue weighted by molar-refractivity contribution is 6.20. The SMILES string of the molecule is Cc1cccc(CC(=O)ON2C(=O)c3ccccc3C2=O)c1. The first-order chi connectivity index (χ1) is 10.6. The van der Waals surface area contributed by atoms with Gasteiger partial charge < -0.3 is 4.84 Å². The molecule has 2 amide bonds. The van der Waals surface area contributed by atoms with Gasteiger partial charge >= 0.3 is 5.97 Å². The number of amides is 2. The van der Waals surface area contributed by atoms with Crippen LogP contribution in [0.4, 0.5) is 0 Å². The van der Waals surface area contributed by atoms with Gasteiger partial charge in [0.1, 0.15) is 0 Å². The molecular formula is C17H13NO4. The number of carbonyl (C=O) groups is 3. The Hall–Kier alpha value is -2.95. The number of benzene rings is 2. The monoisotopic (exact) mass is 295 g/mol. The molecule has 0 aliphatic carbocycles. The van der Waals surface area contributed by atoms with Gasteiger partial charge in [-0.15, -0.1) is 0 Å². The van der Waals surface area contributed by atoms with Gasteiger partial charge in [-0.2, -0.15) is 0 Å². The minimum absolute atomic E-state index is 0.00488. The van der Waals surface area contributed by atoms with Crippen LogP contribution in [0.25, 0.3) is 0 Å². The zero-order valence-electron chi connectivity index (χ0n) is 11.9. The maximum atomic E-state index is 12.1. The fraction of sp³-hybridized carbons (Fsp3) is 0.118. The Morgan fingerprint density at radius 1 is 1.00 bits per heavy atom. The Labute approximate surface area is 127 Å². The molecule has 5 nitrogen and oxygen atoms in total. The molecule has 0 bridgehead atoms. The Morgan fingerprint density at radius 3 is 2.23 bits per heavy atom. The van der Waals surface area contributed by atoms with E-state index in [0.717, 1.165) is 11.1 Å². The molecule has 0 atom stereocenters. The van der Waals surface area contributed by atoms with Crippen molar-refractivity contribution in [2.75, 3.05) is 0 Å². The van der Waals surface area contributed by atoms with Gasteiger partial charge in [0.25, 0.3) is 11.8 Å². The highest BCUT2D eigenvalue weighted by Gasteiger charge is 2.38. The number of aryl methyl sites for hydroxylation is 1. The molecule has 1 aliphatic rings. The van der Waals surface area contributed by atoms with Crippen LogP contribution in [0.3, 0.4) is 0 Å². The zero-order chi connectivity index (χ0) is 15.7. The molecule has 110 valence electrons. The van der Waals surface area contributed by atoms with E-state index in [1.807, 2.05) is 25.1 Å². The lowest BCUT2D eigenvalue weighted by Gasteiger charge is -2.12. The second kappa shape index (κ2) is 5.44. The number of rotatable bonds is 3. The molecule has 2 aromatic rings. The molecule has 0 fully saturated rings. The minimum atomic E-state index is -0.653. The first kappa shape index (κ1) is 14.0. The van der Waals surface area contributed by atoms with Gasteiger partial charge in [0, 0.05) is 0 Å². The maximum absolute atomic E-state index is 12.1. The average Bonchev–Trinajstić information content (AvgIpc) is 2.73. The van der Waals surface area contributed by atoms with Crippen molar-refractivity contribution in [2.24, 2.45) is 0 Å². The molecule has 0 spiro atoms. The van der Waals surface area contributed by atoms with Gasteiger partial charge in [0.2, 0.25) is 0 Å². The van der Waals surface area contributed by atoms with Crippen LogP contribution in [-0.4, -0.2) is 22.8 Å². The van der Waals surface area contributed by atoms with E-state index in [4.69, 9.17) is 4.84 Å². The van der Waals surface area contributed by atoms with E-state index in [-0.39, 0.29) is 17.5 Å². The van der Waals surface area contributed by atoms with Crippen molar-refractivity contribution < 1.29 is 19.2 Å². The third kappa shape index (κ3) is 2.48. The van der Waals surface area contributed by atoms with Crippen molar-refractivity contribution in [2.45, 2.75) is 13.3 Å². The van der Waals surface area contributed by atoms with Crippen LogP contribution in [0.1, 0.15) is 31.8 Å². The summed E-state index contributed by atoms with van der Waals surface area (Å²) < 4.78 is 0. The second-order valence-electron chi connectivity index (χ2n) is 5.08. The lowest BCUT2D eigenvalue weighted by Crippen LogP contribution is -2.33. The minimum Gasteiger partial charge on any atom is -0.329 e. The number of nitrogens with zero attached hydrogens (tertiary/aromatic N) is 1. The molecule has 22 heavy (non-hydrogen) atoms.